The van der Waals surface area contributed by atoms with Gasteiger partial charge in [-0.15, -0.1) is 0 Å². The molecule has 1 aromatic carbocycles. The Labute approximate surface area is 131 Å². The zero-order valence-corrected chi connectivity index (χ0v) is 12.5. The molecular formula is C16H15N3O4. The van der Waals surface area contributed by atoms with Crippen molar-refractivity contribution in [1.82, 2.24) is 10.3 Å². The first-order valence-corrected chi connectivity index (χ1v) is 7.10. The molecule has 0 radical (unpaired) electrons. The Morgan fingerprint density at radius 1 is 1.26 bits per heavy atom. The van der Waals surface area contributed by atoms with Crippen molar-refractivity contribution in [1.29, 1.82) is 0 Å². The number of rotatable bonds is 5. The molecule has 3 aromatic rings. The summed E-state index contributed by atoms with van der Waals surface area (Å²) in [6, 6.07) is 8.43. The topological polar surface area (TPSA) is 97.4 Å². The van der Waals surface area contributed by atoms with Gasteiger partial charge in [-0.05, 0) is 30.3 Å². The van der Waals surface area contributed by atoms with E-state index < -0.39 is 0 Å². The summed E-state index contributed by atoms with van der Waals surface area (Å²) >= 11 is 0. The van der Waals surface area contributed by atoms with E-state index in [1.165, 1.54) is 6.26 Å². The minimum Gasteiger partial charge on any atom is -0.459 e. The number of nitrogens with one attached hydrogen (secondary N) is 2. The predicted molar refractivity (Wildman–Crippen MR) is 83.0 cm³/mol. The maximum atomic E-state index is 11.9. The number of carbonyl (C=O) groups excluding carboxylic acids is 2. The molecule has 0 bridgehead atoms. The van der Waals surface area contributed by atoms with E-state index in [1.54, 1.807) is 37.3 Å². The van der Waals surface area contributed by atoms with Gasteiger partial charge in [-0.2, -0.15) is 0 Å². The predicted octanol–water partition coefficient (Wildman–Crippen LogP) is 2.49. The Hall–Kier alpha value is -3.09. The van der Waals surface area contributed by atoms with Gasteiger partial charge in [0.2, 0.25) is 5.91 Å². The van der Waals surface area contributed by atoms with Gasteiger partial charge in [0.05, 0.1) is 6.26 Å². The molecule has 0 fully saturated rings. The summed E-state index contributed by atoms with van der Waals surface area (Å²) in [5.41, 5.74) is 1.99. The maximum absolute atomic E-state index is 11.9. The number of anilines is 1. The molecule has 7 nitrogen and oxygen atoms in total. The van der Waals surface area contributed by atoms with Crippen molar-refractivity contribution in [2.75, 3.05) is 11.9 Å². The van der Waals surface area contributed by atoms with Crippen LogP contribution in [-0.2, 0) is 4.79 Å². The van der Waals surface area contributed by atoms with E-state index in [1.807, 2.05) is 0 Å². The lowest BCUT2D eigenvalue weighted by atomic mass is 10.2. The van der Waals surface area contributed by atoms with Crippen molar-refractivity contribution in [3.8, 4) is 0 Å². The van der Waals surface area contributed by atoms with Gasteiger partial charge in [-0.25, -0.2) is 4.98 Å². The first-order chi connectivity index (χ1) is 11.1. The molecule has 2 aromatic heterocycles. The molecule has 0 aliphatic carbocycles. The Bertz CT molecular complexity index is 836. The average molecular weight is 313 g/mol. The van der Waals surface area contributed by atoms with E-state index in [2.05, 4.69) is 15.6 Å². The molecule has 0 atom stereocenters. The molecule has 2 heterocycles. The highest BCUT2D eigenvalue weighted by atomic mass is 16.3. The third kappa shape index (κ3) is 3.57. The number of carbonyl (C=O) groups is 2. The summed E-state index contributed by atoms with van der Waals surface area (Å²) in [5, 5.41) is 5.37. The molecule has 0 unspecified atom stereocenters. The number of oxazole rings is 1. The summed E-state index contributed by atoms with van der Waals surface area (Å²) in [6.45, 7) is 1.98. The first kappa shape index (κ1) is 14.8. The van der Waals surface area contributed by atoms with E-state index in [-0.39, 0.29) is 30.5 Å². The molecule has 23 heavy (non-hydrogen) atoms. The average Bonchev–Trinajstić information content (AvgIpc) is 3.15. The fourth-order valence-electron chi connectivity index (χ4n) is 2.13. The van der Waals surface area contributed by atoms with Crippen LogP contribution in [0.25, 0.3) is 11.1 Å². The second kappa shape index (κ2) is 6.35. The van der Waals surface area contributed by atoms with Crippen LogP contribution in [0.5, 0.6) is 0 Å². The van der Waals surface area contributed by atoms with Crippen molar-refractivity contribution in [3.05, 3.63) is 48.2 Å². The number of hydrogen-bond acceptors (Lipinski definition) is 5. The van der Waals surface area contributed by atoms with Crippen LogP contribution in [0, 0.1) is 6.92 Å². The van der Waals surface area contributed by atoms with E-state index in [0.29, 0.717) is 22.7 Å². The van der Waals surface area contributed by atoms with Crippen LogP contribution in [0.2, 0.25) is 0 Å². The normalized spacial score (nSPS) is 10.7. The van der Waals surface area contributed by atoms with Crippen LogP contribution in [0.4, 0.5) is 5.69 Å². The quantitative estimate of drug-likeness (QED) is 0.754. The number of aromatic nitrogens is 1. The second-order valence-electron chi connectivity index (χ2n) is 4.95. The molecule has 3 rings (SSSR count). The molecule has 7 heteroatoms. The number of amides is 2. The second-order valence-corrected chi connectivity index (χ2v) is 4.95. The zero-order valence-electron chi connectivity index (χ0n) is 12.5. The first-order valence-electron chi connectivity index (χ1n) is 7.10. The fourth-order valence-corrected chi connectivity index (χ4v) is 2.13. The Kier molecular flexibility index (Phi) is 4.09. The summed E-state index contributed by atoms with van der Waals surface area (Å²) in [5.74, 6) is 0.244. The lowest BCUT2D eigenvalue weighted by molar-refractivity contribution is -0.116. The lowest BCUT2D eigenvalue weighted by Gasteiger charge is -2.05. The Balaban J connectivity index is 1.51. The number of nitrogens with zero attached hydrogens (tertiary/aromatic N) is 1. The Morgan fingerprint density at radius 3 is 2.91 bits per heavy atom. The molecule has 0 saturated carbocycles. The van der Waals surface area contributed by atoms with Gasteiger partial charge in [0.1, 0.15) is 5.52 Å². The zero-order chi connectivity index (χ0) is 16.2. The SMILES string of the molecule is Cc1nc2cc(NC(=O)CCNC(=O)c3ccco3)ccc2o1. The summed E-state index contributed by atoms with van der Waals surface area (Å²) in [4.78, 5) is 27.7. The van der Waals surface area contributed by atoms with E-state index in [9.17, 15) is 9.59 Å². The highest BCUT2D eigenvalue weighted by molar-refractivity contribution is 5.94. The van der Waals surface area contributed by atoms with Gasteiger partial charge in [0.15, 0.2) is 17.2 Å². The van der Waals surface area contributed by atoms with Crippen molar-refractivity contribution < 1.29 is 18.4 Å². The monoisotopic (exact) mass is 313 g/mol. The van der Waals surface area contributed by atoms with Crippen molar-refractivity contribution in [2.24, 2.45) is 0 Å². The molecule has 0 saturated heterocycles. The van der Waals surface area contributed by atoms with Gasteiger partial charge in [-0.3, -0.25) is 9.59 Å². The number of furan rings is 1. The number of hydrogen-bond donors (Lipinski definition) is 2. The van der Waals surface area contributed by atoms with E-state index in [4.69, 9.17) is 8.83 Å². The van der Waals surface area contributed by atoms with Gasteiger partial charge in [-0.1, -0.05) is 0 Å². The molecule has 118 valence electrons. The molecule has 0 aliphatic heterocycles. The van der Waals surface area contributed by atoms with Crippen molar-refractivity contribution >= 4 is 28.6 Å². The number of benzene rings is 1. The largest absolute Gasteiger partial charge is 0.459 e. The molecule has 0 spiro atoms. The Morgan fingerprint density at radius 2 is 2.13 bits per heavy atom. The van der Waals surface area contributed by atoms with Crippen LogP contribution in [0.15, 0.2) is 45.4 Å². The van der Waals surface area contributed by atoms with Gasteiger partial charge >= 0.3 is 0 Å². The maximum Gasteiger partial charge on any atom is 0.286 e. The lowest BCUT2D eigenvalue weighted by Crippen LogP contribution is -2.27. The van der Waals surface area contributed by atoms with Gasteiger partial charge in [0, 0.05) is 25.6 Å². The van der Waals surface area contributed by atoms with E-state index >= 15 is 0 Å². The molecule has 2 N–H and O–H groups in total. The van der Waals surface area contributed by atoms with Gasteiger partial charge < -0.3 is 19.5 Å². The molecule has 2 amide bonds. The highest BCUT2D eigenvalue weighted by Gasteiger charge is 2.09. The van der Waals surface area contributed by atoms with Crippen LogP contribution in [0.3, 0.4) is 0 Å². The highest BCUT2D eigenvalue weighted by Crippen LogP contribution is 2.19. The smallest absolute Gasteiger partial charge is 0.286 e. The minimum atomic E-state index is -0.345. The third-order valence-corrected chi connectivity index (χ3v) is 3.16. The van der Waals surface area contributed by atoms with E-state index in [0.717, 1.165) is 0 Å². The standard InChI is InChI=1S/C16H15N3O4/c1-10-18-12-9-11(4-5-13(12)23-10)19-15(20)6-7-17-16(21)14-3-2-8-22-14/h2-5,8-9H,6-7H2,1H3,(H,17,21)(H,19,20). The summed E-state index contributed by atoms with van der Waals surface area (Å²) < 4.78 is 10.3. The van der Waals surface area contributed by atoms with Crippen LogP contribution in [0.1, 0.15) is 22.9 Å². The fraction of sp³-hybridized carbons (Fsp3) is 0.188. The third-order valence-electron chi connectivity index (χ3n) is 3.16. The molecular weight excluding hydrogens is 298 g/mol. The van der Waals surface area contributed by atoms with Crippen LogP contribution >= 0.6 is 0 Å². The number of aryl methyl sites for hydroxylation is 1. The van der Waals surface area contributed by atoms with Crippen molar-refractivity contribution in [3.63, 3.8) is 0 Å². The number of fused-ring (bicyclic) bond motifs is 1. The minimum absolute atomic E-state index is 0.155. The van der Waals surface area contributed by atoms with Gasteiger partial charge in [0.25, 0.3) is 5.91 Å². The van der Waals surface area contributed by atoms with Crippen LogP contribution in [-0.4, -0.2) is 23.3 Å². The van der Waals surface area contributed by atoms with Crippen molar-refractivity contribution in [2.45, 2.75) is 13.3 Å². The summed E-state index contributed by atoms with van der Waals surface area (Å²) in [7, 11) is 0. The summed E-state index contributed by atoms with van der Waals surface area (Å²) in [6.07, 6.45) is 1.58. The van der Waals surface area contributed by atoms with Crippen LogP contribution < -0.4 is 10.6 Å². The molecule has 0 aliphatic rings.